The molecule has 12 rings (SSSR count). The third-order valence-electron chi connectivity index (χ3n) is 12.8. The molecule has 0 radical (unpaired) electrons. The molecular formula is C64H44N2O. The highest BCUT2D eigenvalue weighted by atomic mass is 16.3. The van der Waals surface area contributed by atoms with Crippen molar-refractivity contribution in [3.63, 3.8) is 0 Å². The largest absolute Gasteiger partial charge is 0.455 e. The average molecular weight is 857 g/mol. The van der Waals surface area contributed by atoms with E-state index in [0.29, 0.717) is 0 Å². The lowest BCUT2D eigenvalue weighted by molar-refractivity contribution is 0.673. The second-order valence-corrected chi connectivity index (χ2v) is 16.9. The van der Waals surface area contributed by atoms with E-state index < -0.39 is 0 Å². The predicted octanol–water partition coefficient (Wildman–Crippen LogP) is 18.3. The summed E-state index contributed by atoms with van der Waals surface area (Å²) in [5.74, 6) is 0. The molecule has 0 fully saturated rings. The van der Waals surface area contributed by atoms with Gasteiger partial charge in [0.1, 0.15) is 11.2 Å². The molecule has 67 heavy (non-hydrogen) atoms. The Morgan fingerprint density at radius 3 is 1.22 bits per heavy atom. The van der Waals surface area contributed by atoms with Gasteiger partial charge in [0.05, 0.1) is 16.8 Å². The summed E-state index contributed by atoms with van der Waals surface area (Å²) >= 11 is 0. The van der Waals surface area contributed by atoms with E-state index in [4.69, 9.17) is 4.42 Å². The topological polar surface area (TPSA) is 19.6 Å². The Hall–Kier alpha value is -8.92. The minimum Gasteiger partial charge on any atom is -0.455 e. The first-order chi connectivity index (χ1) is 33.2. The minimum atomic E-state index is 0.800. The number of nitrogens with zero attached hydrogens (tertiary/aromatic N) is 2. The van der Waals surface area contributed by atoms with Crippen LogP contribution in [-0.2, 0) is 0 Å². The van der Waals surface area contributed by atoms with Gasteiger partial charge in [0.2, 0.25) is 0 Å². The molecule has 3 nitrogen and oxygen atoms in total. The number of hydrogen-bond acceptors (Lipinski definition) is 3. The first-order valence-electron chi connectivity index (χ1n) is 22.8. The summed E-state index contributed by atoms with van der Waals surface area (Å²) in [6.45, 7) is 0. The lowest BCUT2D eigenvalue weighted by Gasteiger charge is -2.31. The van der Waals surface area contributed by atoms with Gasteiger partial charge in [0, 0.05) is 39.6 Å². The number of rotatable bonds is 10. The minimum absolute atomic E-state index is 0.800. The summed E-state index contributed by atoms with van der Waals surface area (Å²) < 4.78 is 7.18. The maximum Gasteiger partial charge on any atom is 0.143 e. The van der Waals surface area contributed by atoms with Gasteiger partial charge in [-0.05, 0) is 111 Å². The highest BCUT2D eigenvalue weighted by Crippen LogP contribution is 2.50. The van der Waals surface area contributed by atoms with Crippen LogP contribution in [0.3, 0.4) is 0 Å². The first kappa shape index (κ1) is 39.7. The van der Waals surface area contributed by atoms with Crippen LogP contribution >= 0.6 is 0 Å². The van der Waals surface area contributed by atoms with Gasteiger partial charge in [0.15, 0.2) is 0 Å². The lowest BCUT2D eigenvalue weighted by atomic mass is 9.93. The van der Waals surface area contributed by atoms with Gasteiger partial charge < -0.3 is 14.2 Å². The summed E-state index contributed by atoms with van der Waals surface area (Å²) in [5, 5.41) is 4.32. The molecule has 1 aromatic heterocycles. The fourth-order valence-corrected chi connectivity index (χ4v) is 9.73. The highest BCUT2D eigenvalue weighted by molar-refractivity contribution is 6.20. The number of hydrogen-bond donors (Lipinski definition) is 0. The molecule has 0 unspecified atom stereocenters. The average Bonchev–Trinajstić information content (AvgIpc) is 3.80. The standard InChI is InChI=1S/C64H44N2O/c1-7-21-45(22-8-1)55-39-36-52(41-59(55)47-25-11-3-12-26-47)65(50-30-15-5-16-31-50)54-43-61(63-58-38-35-49-29-19-20-34-57(49)64(58)67-62(63)44-54)66(51-32-17-6-18-33-51)53-37-40-56(46-23-9-2-10-24-46)60(42-53)48-27-13-4-14-28-48/h1-44H. The van der Waals surface area contributed by atoms with Crippen molar-refractivity contribution in [2.45, 2.75) is 0 Å². The SMILES string of the molecule is c1ccc(-c2ccc(N(c3ccccc3)c3cc(N(c4ccccc4)c4ccc(-c5ccccc5)c(-c5ccccc5)c4)c4c(c3)oc3c5ccccc5ccc34)cc2-c2ccccc2)cc1. The van der Waals surface area contributed by atoms with E-state index >= 15 is 0 Å². The maximum absolute atomic E-state index is 7.18. The van der Waals surface area contributed by atoms with Crippen molar-refractivity contribution in [3.05, 3.63) is 267 Å². The molecule has 0 atom stereocenters. The zero-order chi connectivity index (χ0) is 44.5. The summed E-state index contributed by atoms with van der Waals surface area (Å²) in [7, 11) is 0. The van der Waals surface area contributed by atoms with Gasteiger partial charge in [-0.1, -0.05) is 200 Å². The molecule has 0 amide bonds. The summed E-state index contributed by atoms with van der Waals surface area (Å²) in [6.07, 6.45) is 0. The summed E-state index contributed by atoms with van der Waals surface area (Å²) in [5.41, 5.74) is 17.1. The maximum atomic E-state index is 7.18. The number of furan rings is 1. The van der Waals surface area contributed by atoms with Gasteiger partial charge in [-0.2, -0.15) is 0 Å². The second-order valence-electron chi connectivity index (χ2n) is 16.9. The Labute approximate surface area is 390 Å². The Bertz CT molecular complexity index is 3670. The van der Waals surface area contributed by atoms with Crippen LogP contribution in [0.25, 0.3) is 77.2 Å². The zero-order valence-corrected chi connectivity index (χ0v) is 36.7. The molecule has 0 aliphatic carbocycles. The molecule has 0 aliphatic rings. The molecule has 1 heterocycles. The lowest BCUT2D eigenvalue weighted by Crippen LogP contribution is -2.14. The number of fused-ring (bicyclic) bond motifs is 5. The monoisotopic (exact) mass is 856 g/mol. The summed E-state index contributed by atoms with van der Waals surface area (Å²) in [4.78, 5) is 4.78. The van der Waals surface area contributed by atoms with Crippen molar-refractivity contribution in [2.24, 2.45) is 0 Å². The van der Waals surface area contributed by atoms with E-state index in [2.05, 4.69) is 277 Å². The normalized spacial score (nSPS) is 11.3. The molecule has 0 bridgehead atoms. The van der Waals surface area contributed by atoms with Crippen LogP contribution in [0.2, 0.25) is 0 Å². The summed E-state index contributed by atoms with van der Waals surface area (Å²) in [6, 6.07) is 95.5. The third-order valence-corrected chi connectivity index (χ3v) is 12.8. The molecule has 11 aromatic carbocycles. The van der Waals surface area contributed by atoms with Crippen LogP contribution in [0.1, 0.15) is 0 Å². The van der Waals surface area contributed by atoms with Crippen molar-refractivity contribution in [2.75, 3.05) is 9.80 Å². The van der Waals surface area contributed by atoms with Crippen molar-refractivity contribution < 1.29 is 4.42 Å². The Balaban J connectivity index is 1.15. The van der Waals surface area contributed by atoms with Crippen LogP contribution in [0, 0.1) is 0 Å². The Morgan fingerprint density at radius 1 is 0.269 bits per heavy atom. The second kappa shape index (κ2) is 17.2. The molecule has 0 spiro atoms. The van der Waals surface area contributed by atoms with Gasteiger partial charge in [-0.15, -0.1) is 0 Å². The van der Waals surface area contributed by atoms with Crippen LogP contribution in [0.4, 0.5) is 34.1 Å². The Kier molecular flexibility index (Phi) is 10.2. The smallest absolute Gasteiger partial charge is 0.143 e. The van der Waals surface area contributed by atoms with Crippen molar-refractivity contribution in [1.29, 1.82) is 0 Å². The van der Waals surface area contributed by atoms with E-state index in [1.807, 2.05) is 0 Å². The fourth-order valence-electron chi connectivity index (χ4n) is 9.73. The van der Waals surface area contributed by atoms with E-state index in [-0.39, 0.29) is 0 Å². The molecule has 316 valence electrons. The Morgan fingerprint density at radius 2 is 0.701 bits per heavy atom. The fraction of sp³-hybridized carbons (Fsp3) is 0. The van der Waals surface area contributed by atoms with Gasteiger partial charge >= 0.3 is 0 Å². The quantitative estimate of drug-likeness (QED) is 0.137. The molecular weight excluding hydrogens is 813 g/mol. The van der Waals surface area contributed by atoms with Crippen LogP contribution in [0.15, 0.2) is 271 Å². The first-order valence-corrected chi connectivity index (χ1v) is 22.8. The molecule has 3 heteroatoms. The van der Waals surface area contributed by atoms with Gasteiger partial charge in [0.25, 0.3) is 0 Å². The van der Waals surface area contributed by atoms with Crippen LogP contribution in [-0.4, -0.2) is 0 Å². The van der Waals surface area contributed by atoms with E-state index in [1.54, 1.807) is 0 Å². The van der Waals surface area contributed by atoms with Crippen molar-refractivity contribution in [3.8, 4) is 44.5 Å². The van der Waals surface area contributed by atoms with Gasteiger partial charge in [-0.25, -0.2) is 0 Å². The van der Waals surface area contributed by atoms with E-state index in [0.717, 1.165) is 89.1 Å². The highest BCUT2D eigenvalue weighted by Gasteiger charge is 2.26. The van der Waals surface area contributed by atoms with Crippen LogP contribution in [0.5, 0.6) is 0 Å². The van der Waals surface area contributed by atoms with E-state index in [9.17, 15) is 0 Å². The van der Waals surface area contributed by atoms with Crippen LogP contribution < -0.4 is 9.80 Å². The number of anilines is 6. The number of para-hydroxylation sites is 2. The van der Waals surface area contributed by atoms with Crippen molar-refractivity contribution >= 4 is 66.8 Å². The number of benzene rings is 11. The van der Waals surface area contributed by atoms with Crippen molar-refractivity contribution in [1.82, 2.24) is 0 Å². The molecule has 0 saturated carbocycles. The van der Waals surface area contributed by atoms with E-state index in [1.165, 1.54) is 22.3 Å². The van der Waals surface area contributed by atoms with Gasteiger partial charge in [-0.3, -0.25) is 0 Å². The molecule has 0 aliphatic heterocycles. The predicted molar refractivity (Wildman–Crippen MR) is 282 cm³/mol. The molecule has 0 N–H and O–H groups in total. The molecule has 0 saturated heterocycles. The molecule has 12 aromatic rings. The zero-order valence-electron chi connectivity index (χ0n) is 36.7. The third kappa shape index (κ3) is 7.39.